The predicted octanol–water partition coefficient (Wildman–Crippen LogP) is 3.92. The van der Waals surface area contributed by atoms with Crippen molar-refractivity contribution in [3.63, 3.8) is 0 Å². The Morgan fingerprint density at radius 1 is 1.12 bits per heavy atom. The second kappa shape index (κ2) is 5.78. The molecule has 0 bridgehead atoms. The summed E-state index contributed by atoms with van der Waals surface area (Å²) in [6.07, 6.45) is 0. The molecule has 0 unspecified atom stereocenters. The van der Waals surface area contributed by atoms with Gasteiger partial charge in [-0.2, -0.15) is 0 Å². The van der Waals surface area contributed by atoms with Gasteiger partial charge in [-0.25, -0.2) is 8.78 Å². The van der Waals surface area contributed by atoms with Crippen molar-refractivity contribution in [2.45, 2.75) is 26.4 Å². The Bertz CT molecular complexity index is 366. The first-order valence-electron chi connectivity index (χ1n) is 5.21. The smallest absolute Gasteiger partial charge is 0.190 e. The van der Waals surface area contributed by atoms with Crippen LogP contribution in [0.4, 0.5) is 8.78 Å². The van der Waals surface area contributed by atoms with Gasteiger partial charge in [0, 0.05) is 4.47 Å². The minimum Gasteiger partial charge on any atom is -0.485 e. The van der Waals surface area contributed by atoms with Crippen molar-refractivity contribution in [1.82, 2.24) is 0 Å². The second-order valence-corrected chi connectivity index (χ2v) is 5.42. The Morgan fingerprint density at radius 3 is 2.12 bits per heavy atom. The molecule has 0 saturated carbocycles. The van der Waals surface area contributed by atoms with Crippen molar-refractivity contribution >= 4 is 15.9 Å². The Balaban J connectivity index is 2.53. The summed E-state index contributed by atoms with van der Waals surface area (Å²) in [7, 11) is 0. The topological polar surface area (TPSA) is 18.5 Å². The molecule has 0 spiro atoms. The molecule has 1 aromatic rings. The molecular weight excluding hydrogens is 294 g/mol. The molecule has 96 valence electrons. The van der Waals surface area contributed by atoms with Crippen molar-refractivity contribution < 1.29 is 18.3 Å². The van der Waals surface area contributed by atoms with Crippen molar-refractivity contribution in [1.29, 1.82) is 0 Å². The lowest BCUT2D eigenvalue weighted by Crippen LogP contribution is -2.22. The number of benzene rings is 1. The van der Waals surface area contributed by atoms with Crippen LogP contribution >= 0.6 is 15.9 Å². The molecule has 0 aliphatic heterocycles. The Kier molecular flexibility index (Phi) is 4.89. The fourth-order valence-corrected chi connectivity index (χ4v) is 1.56. The molecule has 0 atom stereocenters. The Hall–Kier alpha value is -0.680. The fraction of sp³-hybridized carbons (Fsp3) is 0.500. The van der Waals surface area contributed by atoms with E-state index >= 15 is 0 Å². The third kappa shape index (κ3) is 5.00. The highest BCUT2D eigenvalue weighted by Gasteiger charge is 2.13. The molecule has 1 aromatic carbocycles. The van der Waals surface area contributed by atoms with E-state index in [9.17, 15) is 8.78 Å². The van der Waals surface area contributed by atoms with E-state index in [1.165, 1.54) is 0 Å². The molecular formula is C12H15BrF2O2. The van der Waals surface area contributed by atoms with Crippen LogP contribution in [-0.4, -0.2) is 18.8 Å². The van der Waals surface area contributed by atoms with Crippen LogP contribution in [0.3, 0.4) is 0 Å². The van der Waals surface area contributed by atoms with Crippen LogP contribution < -0.4 is 4.74 Å². The molecule has 0 heterocycles. The van der Waals surface area contributed by atoms with Gasteiger partial charge in [0.05, 0.1) is 12.2 Å². The normalized spacial score (nSPS) is 11.6. The maximum absolute atomic E-state index is 13.3. The van der Waals surface area contributed by atoms with E-state index in [-0.39, 0.29) is 24.6 Å². The van der Waals surface area contributed by atoms with Crippen LogP contribution in [0.2, 0.25) is 0 Å². The van der Waals surface area contributed by atoms with Crippen LogP contribution in [-0.2, 0) is 4.74 Å². The summed E-state index contributed by atoms with van der Waals surface area (Å²) in [5, 5.41) is 0. The molecule has 5 heteroatoms. The molecule has 0 fully saturated rings. The molecule has 0 aromatic heterocycles. The molecule has 2 nitrogen and oxygen atoms in total. The summed E-state index contributed by atoms with van der Waals surface area (Å²) < 4.78 is 37.4. The largest absolute Gasteiger partial charge is 0.485 e. The highest BCUT2D eigenvalue weighted by molar-refractivity contribution is 9.10. The molecule has 0 N–H and O–H groups in total. The van der Waals surface area contributed by atoms with Crippen LogP contribution in [0.5, 0.6) is 5.75 Å². The molecule has 17 heavy (non-hydrogen) atoms. The van der Waals surface area contributed by atoms with Gasteiger partial charge in [-0.15, -0.1) is 0 Å². The molecule has 0 aliphatic carbocycles. The van der Waals surface area contributed by atoms with Crippen molar-refractivity contribution in [2.24, 2.45) is 0 Å². The maximum atomic E-state index is 13.3. The van der Waals surface area contributed by atoms with E-state index in [4.69, 9.17) is 9.47 Å². The van der Waals surface area contributed by atoms with Gasteiger partial charge in [0.15, 0.2) is 17.4 Å². The highest BCUT2D eigenvalue weighted by atomic mass is 79.9. The molecule has 0 aliphatic rings. The number of ether oxygens (including phenoxy) is 2. The third-order valence-corrected chi connectivity index (χ3v) is 2.29. The predicted molar refractivity (Wildman–Crippen MR) is 65.3 cm³/mol. The molecule has 1 rings (SSSR count). The summed E-state index contributed by atoms with van der Waals surface area (Å²) in [6, 6.07) is 2.31. The monoisotopic (exact) mass is 308 g/mol. The van der Waals surface area contributed by atoms with Gasteiger partial charge in [0.25, 0.3) is 0 Å². The lowest BCUT2D eigenvalue weighted by Gasteiger charge is -2.19. The van der Waals surface area contributed by atoms with E-state index in [2.05, 4.69) is 15.9 Å². The van der Waals surface area contributed by atoms with E-state index in [0.717, 1.165) is 12.1 Å². The average Bonchev–Trinajstić information content (AvgIpc) is 2.13. The van der Waals surface area contributed by atoms with Crippen LogP contribution in [0.15, 0.2) is 16.6 Å². The Morgan fingerprint density at radius 2 is 1.65 bits per heavy atom. The van der Waals surface area contributed by atoms with Crippen LogP contribution in [0.25, 0.3) is 0 Å². The van der Waals surface area contributed by atoms with Gasteiger partial charge in [0.1, 0.15) is 6.61 Å². The fourth-order valence-electron chi connectivity index (χ4n) is 1.16. The maximum Gasteiger partial charge on any atom is 0.190 e. The second-order valence-electron chi connectivity index (χ2n) is 4.51. The zero-order valence-electron chi connectivity index (χ0n) is 10.0. The van der Waals surface area contributed by atoms with E-state index in [1.54, 1.807) is 0 Å². The van der Waals surface area contributed by atoms with Gasteiger partial charge in [0.2, 0.25) is 0 Å². The van der Waals surface area contributed by atoms with Gasteiger partial charge in [-0.1, -0.05) is 15.9 Å². The van der Waals surface area contributed by atoms with Gasteiger partial charge >= 0.3 is 0 Å². The zero-order chi connectivity index (χ0) is 13.1. The first kappa shape index (κ1) is 14.4. The van der Waals surface area contributed by atoms with Crippen molar-refractivity contribution in [3.8, 4) is 5.75 Å². The van der Waals surface area contributed by atoms with Gasteiger partial charge < -0.3 is 9.47 Å². The summed E-state index contributed by atoms with van der Waals surface area (Å²) in [5.41, 5.74) is -0.292. The molecule has 0 amide bonds. The number of hydrogen-bond acceptors (Lipinski definition) is 2. The highest BCUT2D eigenvalue weighted by Crippen LogP contribution is 2.25. The van der Waals surface area contributed by atoms with Crippen molar-refractivity contribution in [2.75, 3.05) is 13.2 Å². The van der Waals surface area contributed by atoms with Crippen molar-refractivity contribution in [3.05, 3.63) is 28.2 Å². The standard InChI is InChI=1S/C12H15BrF2O2/c1-12(2,3)17-5-4-16-11-9(14)6-8(13)7-10(11)15/h6-7H,4-5H2,1-3H3. The third-order valence-electron chi connectivity index (χ3n) is 1.83. The lowest BCUT2D eigenvalue weighted by molar-refractivity contribution is -0.0170. The van der Waals surface area contributed by atoms with E-state index < -0.39 is 11.6 Å². The lowest BCUT2D eigenvalue weighted by atomic mass is 10.2. The Labute approximate surface area is 108 Å². The summed E-state index contributed by atoms with van der Waals surface area (Å²) in [6.45, 7) is 6.07. The quantitative estimate of drug-likeness (QED) is 0.785. The summed E-state index contributed by atoms with van der Waals surface area (Å²) in [4.78, 5) is 0. The van der Waals surface area contributed by atoms with E-state index in [1.807, 2.05) is 20.8 Å². The van der Waals surface area contributed by atoms with Crippen LogP contribution in [0, 0.1) is 11.6 Å². The SMILES string of the molecule is CC(C)(C)OCCOc1c(F)cc(Br)cc1F. The number of hydrogen-bond donors (Lipinski definition) is 0. The van der Waals surface area contributed by atoms with Gasteiger partial charge in [-0.3, -0.25) is 0 Å². The van der Waals surface area contributed by atoms with E-state index in [0.29, 0.717) is 4.47 Å². The first-order chi connectivity index (χ1) is 7.79. The minimum absolute atomic E-state index is 0.104. The first-order valence-corrected chi connectivity index (χ1v) is 6.00. The molecule has 0 saturated heterocycles. The minimum atomic E-state index is -0.729. The molecule has 0 radical (unpaired) electrons. The summed E-state index contributed by atoms with van der Waals surface area (Å²) >= 11 is 2.99. The van der Waals surface area contributed by atoms with Gasteiger partial charge in [-0.05, 0) is 32.9 Å². The number of halogens is 3. The number of rotatable bonds is 4. The average molecular weight is 309 g/mol. The summed E-state index contributed by atoms with van der Waals surface area (Å²) in [5.74, 6) is -1.83. The van der Waals surface area contributed by atoms with Crippen LogP contribution in [0.1, 0.15) is 20.8 Å². The zero-order valence-corrected chi connectivity index (χ0v) is 11.6.